The Labute approximate surface area is 171 Å². The van der Waals surface area contributed by atoms with Crippen LogP contribution in [0.2, 0.25) is 5.02 Å². The Kier molecular flexibility index (Phi) is 6.92. The van der Waals surface area contributed by atoms with Gasteiger partial charge in [0.2, 0.25) is 5.91 Å². The maximum Gasteiger partial charge on any atom is 0.236 e. The second-order valence-electron chi connectivity index (χ2n) is 7.13. The van der Waals surface area contributed by atoms with E-state index in [9.17, 15) is 4.79 Å². The monoisotopic (exact) mass is 410 g/mol. The van der Waals surface area contributed by atoms with Crippen LogP contribution in [-0.2, 0) is 9.53 Å². The van der Waals surface area contributed by atoms with Crippen LogP contribution in [-0.4, -0.2) is 84.7 Å². The summed E-state index contributed by atoms with van der Waals surface area (Å²) < 4.78 is 5.31. The maximum absolute atomic E-state index is 12.4. The van der Waals surface area contributed by atoms with Crippen LogP contribution in [0, 0.1) is 13.8 Å². The number of ether oxygens (including phenoxy) is 1. The molecule has 0 atom stereocenters. The van der Waals surface area contributed by atoms with Crippen LogP contribution >= 0.6 is 23.8 Å². The lowest BCUT2D eigenvalue weighted by atomic mass is 10.1. The first-order chi connectivity index (χ1) is 12.9. The standard InChI is InChI=1S/C19H27ClN4O2S/c1-14-11-15(2)18(16(20)12-14)21-19(27)24-5-3-22(4-6-24)13-17(25)23-7-9-26-10-8-23/h11-12H,3-10,13H2,1-2H3,(H,21,27). The van der Waals surface area contributed by atoms with Gasteiger partial charge >= 0.3 is 0 Å². The number of thiocarbonyl (C=S) groups is 1. The van der Waals surface area contributed by atoms with Crippen molar-refractivity contribution in [3.63, 3.8) is 0 Å². The normalized spacial score (nSPS) is 18.5. The van der Waals surface area contributed by atoms with Crippen molar-refractivity contribution in [2.75, 3.05) is 64.3 Å². The maximum atomic E-state index is 12.4. The molecule has 2 aliphatic rings. The van der Waals surface area contributed by atoms with Crippen molar-refractivity contribution in [3.8, 4) is 0 Å². The number of rotatable bonds is 3. The Morgan fingerprint density at radius 1 is 1.11 bits per heavy atom. The van der Waals surface area contributed by atoms with E-state index in [-0.39, 0.29) is 5.91 Å². The second kappa shape index (κ2) is 9.19. The summed E-state index contributed by atoms with van der Waals surface area (Å²) in [5, 5.41) is 4.67. The van der Waals surface area contributed by atoms with Gasteiger partial charge in [-0.2, -0.15) is 0 Å². The number of morpholine rings is 1. The van der Waals surface area contributed by atoms with E-state index in [4.69, 9.17) is 28.6 Å². The van der Waals surface area contributed by atoms with Crippen LogP contribution in [0.1, 0.15) is 11.1 Å². The van der Waals surface area contributed by atoms with Gasteiger partial charge in [-0.05, 0) is 43.3 Å². The highest BCUT2D eigenvalue weighted by Crippen LogP contribution is 2.27. The molecule has 0 aromatic heterocycles. The van der Waals surface area contributed by atoms with E-state index < -0.39 is 0 Å². The number of hydrogen-bond acceptors (Lipinski definition) is 4. The Morgan fingerprint density at radius 3 is 2.41 bits per heavy atom. The minimum Gasteiger partial charge on any atom is -0.378 e. The molecule has 8 heteroatoms. The molecule has 0 bridgehead atoms. The van der Waals surface area contributed by atoms with Crippen molar-refractivity contribution in [1.82, 2.24) is 14.7 Å². The lowest BCUT2D eigenvalue weighted by Crippen LogP contribution is -2.53. The zero-order valence-electron chi connectivity index (χ0n) is 16.0. The number of carbonyl (C=O) groups is 1. The molecule has 0 unspecified atom stereocenters. The Bertz CT molecular complexity index is 678. The number of carbonyl (C=O) groups excluding carboxylic acids is 1. The van der Waals surface area contributed by atoms with Gasteiger partial charge in [0, 0.05) is 39.3 Å². The van der Waals surface area contributed by atoms with Gasteiger partial charge in [-0.1, -0.05) is 17.7 Å². The highest BCUT2D eigenvalue weighted by molar-refractivity contribution is 7.80. The topological polar surface area (TPSA) is 48.0 Å². The van der Waals surface area contributed by atoms with Gasteiger partial charge in [-0.15, -0.1) is 0 Å². The molecule has 2 saturated heterocycles. The highest BCUT2D eigenvalue weighted by Gasteiger charge is 2.24. The molecule has 2 aliphatic heterocycles. The number of piperazine rings is 1. The van der Waals surface area contributed by atoms with Gasteiger partial charge in [-0.25, -0.2) is 0 Å². The predicted molar refractivity (Wildman–Crippen MR) is 113 cm³/mol. The van der Waals surface area contributed by atoms with Crippen molar-refractivity contribution in [2.45, 2.75) is 13.8 Å². The van der Waals surface area contributed by atoms with Crippen molar-refractivity contribution in [3.05, 3.63) is 28.3 Å². The summed E-state index contributed by atoms with van der Waals surface area (Å²) in [6, 6.07) is 4.03. The molecule has 6 nitrogen and oxygen atoms in total. The Morgan fingerprint density at radius 2 is 1.78 bits per heavy atom. The SMILES string of the molecule is Cc1cc(C)c(NC(=S)N2CCN(CC(=O)N3CCOCC3)CC2)c(Cl)c1. The number of anilines is 1. The molecule has 0 spiro atoms. The van der Waals surface area contributed by atoms with Crippen LogP contribution in [0.4, 0.5) is 5.69 Å². The molecular formula is C19H27ClN4O2S. The molecule has 0 saturated carbocycles. The molecule has 148 valence electrons. The summed E-state index contributed by atoms with van der Waals surface area (Å²) in [5.41, 5.74) is 3.09. The summed E-state index contributed by atoms with van der Waals surface area (Å²) in [5.74, 6) is 0.189. The molecule has 1 N–H and O–H groups in total. The summed E-state index contributed by atoms with van der Waals surface area (Å²) in [6.07, 6.45) is 0. The number of amides is 1. The quantitative estimate of drug-likeness (QED) is 0.770. The zero-order valence-corrected chi connectivity index (χ0v) is 17.5. The average Bonchev–Trinajstić information content (AvgIpc) is 2.65. The Hall–Kier alpha value is -1.41. The van der Waals surface area contributed by atoms with E-state index in [0.29, 0.717) is 43.0 Å². The summed E-state index contributed by atoms with van der Waals surface area (Å²) in [7, 11) is 0. The van der Waals surface area contributed by atoms with Crippen LogP contribution in [0.25, 0.3) is 0 Å². The molecule has 1 aromatic rings. The lowest BCUT2D eigenvalue weighted by Gasteiger charge is -2.37. The zero-order chi connectivity index (χ0) is 19.4. The van der Waals surface area contributed by atoms with E-state index in [1.807, 2.05) is 24.8 Å². The molecule has 27 heavy (non-hydrogen) atoms. The smallest absolute Gasteiger partial charge is 0.236 e. The number of nitrogens with zero attached hydrogens (tertiary/aromatic N) is 3. The van der Waals surface area contributed by atoms with Crippen molar-refractivity contribution < 1.29 is 9.53 Å². The third kappa shape index (κ3) is 5.31. The number of halogens is 1. The van der Waals surface area contributed by atoms with Gasteiger partial charge in [0.05, 0.1) is 30.5 Å². The third-order valence-electron chi connectivity index (χ3n) is 5.05. The van der Waals surface area contributed by atoms with Gasteiger partial charge in [0.15, 0.2) is 5.11 Å². The first-order valence-corrected chi connectivity index (χ1v) is 10.1. The molecule has 1 amide bonds. The minimum absolute atomic E-state index is 0.189. The second-order valence-corrected chi connectivity index (χ2v) is 7.92. The van der Waals surface area contributed by atoms with Gasteiger partial charge in [0.25, 0.3) is 0 Å². The summed E-state index contributed by atoms with van der Waals surface area (Å²) in [4.78, 5) is 18.6. The van der Waals surface area contributed by atoms with E-state index in [1.165, 1.54) is 0 Å². The largest absolute Gasteiger partial charge is 0.378 e. The van der Waals surface area contributed by atoms with Crippen LogP contribution in [0.3, 0.4) is 0 Å². The van der Waals surface area contributed by atoms with E-state index in [1.54, 1.807) is 0 Å². The van der Waals surface area contributed by atoms with Crippen LogP contribution in [0.5, 0.6) is 0 Å². The van der Waals surface area contributed by atoms with Crippen molar-refractivity contribution >= 4 is 40.5 Å². The van der Waals surface area contributed by atoms with E-state index >= 15 is 0 Å². The molecule has 0 aliphatic carbocycles. The summed E-state index contributed by atoms with van der Waals surface area (Å²) in [6.45, 7) is 10.4. The fraction of sp³-hybridized carbons (Fsp3) is 0.579. The lowest BCUT2D eigenvalue weighted by molar-refractivity contribution is -0.136. The van der Waals surface area contributed by atoms with Crippen LogP contribution < -0.4 is 5.32 Å². The minimum atomic E-state index is 0.189. The van der Waals surface area contributed by atoms with Gasteiger partial charge in [-0.3, -0.25) is 9.69 Å². The molecule has 3 rings (SSSR count). The first kappa shape index (κ1) is 20.3. The number of aryl methyl sites for hydroxylation is 2. The molecular weight excluding hydrogens is 384 g/mol. The Balaban J connectivity index is 1.48. The van der Waals surface area contributed by atoms with E-state index in [0.717, 1.165) is 43.0 Å². The van der Waals surface area contributed by atoms with Crippen molar-refractivity contribution in [1.29, 1.82) is 0 Å². The summed E-state index contributed by atoms with van der Waals surface area (Å²) >= 11 is 12.0. The molecule has 0 radical (unpaired) electrons. The molecule has 2 fully saturated rings. The van der Waals surface area contributed by atoms with E-state index in [2.05, 4.69) is 21.2 Å². The number of nitrogens with one attached hydrogen (secondary N) is 1. The number of hydrogen-bond donors (Lipinski definition) is 1. The number of benzene rings is 1. The fourth-order valence-electron chi connectivity index (χ4n) is 3.47. The van der Waals surface area contributed by atoms with Crippen molar-refractivity contribution in [2.24, 2.45) is 0 Å². The molecule has 1 aromatic carbocycles. The predicted octanol–water partition coefficient (Wildman–Crippen LogP) is 2.13. The highest BCUT2D eigenvalue weighted by atomic mass is 35.5. The average molecular weight is 411 g/mol. The van der Waals surface area contributed by atoms with Gasteiger partial charge in [0.1, 0.15) is 0 Å². The third-order valence-corrected chi connectivity index (χ3v) is 5.70. The fourth-order valence-corrected chi connectivity index (χ4v) is 4.13. The van der Waals surface area contributed by atoms with Gasteiger partial charge < -0.3 is 19.9 Å². The first-order valence-electron chi connectivity index (χ1n) is 9.34. The van der Waals surface area contributed by atoms with Crippen LogP contribution in [0.15, 0.2) is 12.1 Å². The molecule has 2 heterocycles.